The Bertz CT molecular complexity index is 348. The molecular formula is C8H9NO5. The van der Waals surface area contributed by atoms with Crippen molar-refractivity contribution in [2.45, 2.75) is 13.3 Å². The molecule has 0 amide bonds. The number of esters is 1. The lowest BCUT2D eigenvalue weighted by atomic mass is 10.5. The quantitative estimate of drug-likeness (QED) is 0.516. The highest BCUT2D eigenvalue weighted by atomic mass is 16.6. The van der Waals surface area contributed by atoms with E-state index in [0.717, 1.165) is 12.1 Å². The molecule has 0 bridgehead atoms. The lowest BCUT2D eigenvalue weighted by Gasteiger charge is -2.03. The average Bonchev–Trinajstić information content (AvgIpc) is 2.46. The fraction of sp³-hybridized carbons (Fsp3) is 0.250. The molecule has 76 valence electrons. The van der Waals surface area contributed by atoms with Crippen molar-refractivity contribution in [3.05, 3.63) is 12.1 Å². The van der Waals surface area contributed by atoms with Crippen molar-refractivity contribution < 1.29 is 24.5 Å². The first-order valence-corrected chi connectivity index (χ1v) is 3.91. The smallest absolute Gasteiger partial charge is 0.431 e. The number of ether oxygens (including phenoxy) is 1. The molecular weight excluding hydrogens is 190 g/mol. The molecule has 1 aromatic rings. The van der Waals surface area contributed by atoms with Gasteiger partial charge in [-0.1, -0.05) is 6.92 Å². The molecule has 0 aliphatic heterocycles. The molecule has 1 rings (SSSR count). The minimum atomic E-state index is -1.13. The fourth-order valence-electron chi connectivity index (χ4n) is 0.818. The largest absolute Gasteiger partial charge is 0.494 e. The number of carbonyl (C=O) groups excluding carboxylic acids is 2. The molecule has 0 saturated heterocycles. The van der Waals surface area contributed by atoms with E-state index in [-0.39, 0.29) is 6.42 Å². The molecule has 6 nitrogen and oxygen atoms in total. The highest BCUT2D eigenvalue weighted by Crippen LogP contribution is 2.20. The van der Waals surface area contributed by atoms with Crippen LogP contribution in [0.5, 0.6) is 11.8 Å². The first kappa shape index (κ1) is 10.1. The van der Waals surface area contributed by atoms with Crippen LogP contribution in [0.1, 0.15) is 13.3 Å². The predicted molar refractivity (Wildman–Crippen MR) is 44.9 cm³/mol. The normalized spacial score (nSPS) is 9.79. The summed E-state index contributed by atoms with van der Waals surface area (Å²) in [6.07, 6.45) is -1.09. The van der Waals surface area contributed by atoms with Gasteiger partial charge in [0.2, 0.25) is 11.8 Å². The van der Waals surface area contributed by atoms with E-state index in [0.29, 0.717) is 4.57 Å². The number of carbonyl (C=O) groups is 2. The number of rotatable bonds is 1. The maximum Gasteiger partial charge on any atom is 0.431 e. The third kappa shape index (κ3) is 1.85. The zero-order valence-electron chi connectivity index (χ0n) is 7.43. The minimum Gasteiger partial charge on any atom is -0.494 e. The van der Waals surface area contributed by atoms with Crippen LogP contribution in [0.15, 0.2) is 12.1 Å². The van der Waals surface area contributed by atoms with Gasteiger partial charge in [0.25, 0.3) is 0 Å². The van der Waals surface area contributed by atoms with E-state index in [1.54, 1.807) is 0 Å². The van der Waals surface area contributed by atoms with Crippen LogP contribution >= 0.6 is 0 Å². The van der Waals surface area contributed by atoms with Gasteiger partial charge in [0.05, 0.1) is 0 Å². The Balaban J connectivity index is 2.84. The molecule has 0 spiro atoms. The summed E-state index contributed by atoms with van der Waals surface area (Å²) in [6, 6.07) is 2.21. The summed E-state index contributed by atoms with van der Waals surface area (Å²) in [6.45, 7) is 1.52. The van der Waals surface area contributed by atoms with Crippen molar-refractivity contribution in [2.24, 2.45) is 0 Å². The molecule has 0 aliphatic carbocycles. The number of aromatic hydroxyl groups is 2. The second kappa shape index (κ2) is 3.82. The Morgan fingerprint density at radius 1 is 1.36 bits per heavy atom. The third-order valence-corrected chi connectivity index (χ3v) is 1.51. The van der Waals surface area contributed by atoms with E-state index in [9.17, 15) is 9.59 Å². The molecule has 0 unspecified atom stereocenters. The van der Waals surface area contributed by atoms with E-state index in [1.807, 2.05) is 0 Å². The van der Waals surface area contributed by atoms with Crippen molar-refractivity contribution >= 4 is 12.1 Å². The van der Waals surface area contributed by atoms with Gasteiger partial charge in [0, 0.05) is 18.6 Å². The first-order valence-electron chi connectivity index (χ1n) is 3.91. The molecule has 1 aromatic heterocycles. The van der Waals surface area contributed by atoms with Gasteiger partial charge in [0.1, 0.15) is 0 Å². The summed E-state index contributed by atoms with van der Waals surface area (Å²) in [5.74, 6) is -1.71. The standard InChI is InChI=1S/C8H9NO5/c1-2-7(12)14-8(13)9-5(10)3-4-6(9)11/h3-4,10-11H,2H2,1H3. The van der Waals surface area contributed by atoms with Crippen molar-refractivity contribution in [2.75, 3.05) is 0 Å². The molecule has 6 heteroatoms. The van der Waals surface area contributed by atoms with Gasteiger partial charge in [-0.2, -0.15) is 4.57 Å². The Morgan fingerprint density at radius 2 is 1.86 bits per heavy atom. The molecule has 0 radical (unpaired) electrons. The van der Waals surface area contributed by atoms with Crippen LogP contribution in [0, 0.1) is 0 Å². The maximum atomic E-state index is 11.1. The molecule has 14 heavy (non-hydrogen) atoms. The summed E-state index contributed by atoms with van der Waals surface area (Å²) in [5, 5.41) is 18.2. The number of hydrogen-bond acceptors (Lipinski definition) is 5. The highest BCUT2D eigenvalue weighted by molar-refractivity contribution is 5.87. The Morgan fingerprint density at radius 3 is 2.29 bits per heavy atom. The van der Waals surface area contributed by atoms with Crippen LogP contribution in [-0.4, -0.2) is 26.8 Å². The first-order chi connectivity index (χ1) is 6.56. The molecule has 1 heterocycles. The molecule has 0 aromatic carbocycles. The van der Waals surface area contributed by atoms with Crippen LogP contribution in [0.25, 0.3) is 0 Å². The lowest BCUT2D eigenvalue weighted by Crippen LogP contribution is -2.16. The van der Waals surface area contributed by atoms with Gasteiger partial charge in [-0.25, -0.2) is 4.79 Å². The maximum absolute atomic E-state index is 11.1. The van der Waals surface area contributed by atoms with Crippen LogP contribution in [0.2, 0.25) is 0 Å². The van der Waals surface area contributed by atoms with Crippen LogP contribution in [0.4, 0.5) is 4.79 Å². The lowest BCUT2D eigenvalue weighted by molar-refractivity contribution is -0.136. The highest BCUT2D eigenvalue weighted by Gasteiger charge is 2.17. The van der Waals surface area contributed by atoms with Gasteiger partial charge in [-0.3, -0.25) is 4.79 Å². The van der Waals surface area contributed by atoms with Crippen LogP contribution in [0.3, 0.4) is 0 Å². The van der Waals surface area contributed by atoms with Crippen LogP contribution < -0.4 is 0 Å². The third-order valence-electron chi connectivity index (χ3n) is 1.51. The van der Waals surface area contributed by atoms with Gasteiger partial charge in [0.15, 0.2) is 0 Å². The number of aromatic nitrogens is 1. The molecule has 0 aliphatic rings. The summed E-state index contributed by atoms with van der Waals surface area (Å²) in [5.41, 5.74) is 0. The Kier molecular flexibility index (Phi) is 2.76. The van der Waals surface area contributed by atoms with Crippen LogP contribution in [-0.2, 0) is 9.53 Å². The summed E-state index contributed by atoms with van der Waals surface area (Å²) < 4.78 is 4.75. The molecule has 0 saturated carbocycles. The van der Waals surface area contributed by atoms with Crippen molar-refractivity contribution in [1.29, 1.82) is 0 Å². The zero-order chi connectivity index (χ0) is 10.7. The van der Waals surface area contributed by atoms with E-state index in [1.165, 1.54) is 6.92 Å². The van der Waals surface area contributed by atoms with E-state index in [4.69, 9.17) is 10.2 Å². The molecule has 0 fully saturated rings. The minimum absolute atomic E-state index is 0.0362. The molecule has 0 atom stereocenters. The van der Waals surface area contributed by atoms with E-state index >= 15 is 0 Å². The second-order valence-electron chi connectivity index (χ2n) is 2.48. The van der Waals surface area contributed by atoms with Crippen molar-refractivity contribution in [3.8, 4) is 11.8 Å². The van der Waals surface area contributed by atoms with Gasteiger partial charge in [-0.15, -0.1) is 0 Å². The number of hydrogen-bond donors (Lipinski definition) is 2. The monoisotopic (exact) mass is 199 g/mol. The van der Waals surface area contributed by atoms with E-state index in [2.05, 4.69) is 4.74 Å². The van der Waals surface area contributed by atoms with Crippen molar-refractivity contribution in [1.82, 2.24) is 4.57 Å². The summed E-state index contributed by atoms with van der Waals surface area (Å²) >= 11 is 0. The van der Waals surface area contributed by atoms with Gasteiger partial charge < -0.3 is 14.9 Å². The van der Waals surface area contributed by atoms with Gasteiger partial charge in [-0.05, 0) is 0 Å². The Hall–Kier alpha value is -1.98. The fourth-order valence-corrected chi connectivity index (χ4v) is 0.818. The summed E-state index contributed by atoms with van der Waals surface area (Å²) in [4.78, 5) is 21.8. The number of nitrogens with zero attached hydrogens (tertiary/aromatic N) is 1. The zero-order valence-corrected chi connectivity index (χ0v) is 7.43. The van der Waals surface area contributed by atoms with E-state index < -0.39 is 23.8 Å². The van der Waals surface area contributed by atoms with Gasteiger partial charge >= 0.3 is 12.1 Å². The Labute approximate surface area is 79.3 Å². The topological polar surface area (TPSA) is 88.8 Å². The SMILES string of the molecule is CCC(=O)OC(=O)n1c(O)ccc1O. The molecule has 2 N–H and O–H groups in total. The van der Waals surface area contributed by atoms with Crippen molar-refractivity contribution in [3.63, 3.8) is 0 Å². The second-order valence-corrected chi connectivity index (χ2v) is 2.48. The summed E-state index contributed by atoms with van der Waals surface area (Å²) in [7, 11) is 0. The predicted octanol–water partition coefficient (Wildman–Crippen LogP) is 0.821. The average molecular weight is 199 g/mol.